The second-order valence-corrected chi connectivity index (χ2v) is 8.41. The Morgan fingerprint density at radius 2 is 2.00 bits per heavy atom. The molecule has 0 spiro atoms. The van der Waals surface area contributed by atoms with E-state index in [0.717, 1.165) is 44.9 Å². The largest absolute Gasteiger partial charge is 0.356 e. The molecule has 2 aromatic heterocycles. The summed E-state index contributed by atoms with van der Waals surface area (Å²) in [4.78, 5) is 14.7. The molecule has 0 saturated heterocycles. The van der Waals surface area contributed by atoms with Crippen LogP contribution in [0.5, 0.6) is 0 Å². The van der Waals surface area contributed by atoms with E-state index in [1.54, 1.807) is 29.7 Å². The second kappa shape index (κ2) is 8.12. The van der Waals surface area contributed by atoms with Crippen molar-refractivity contribution in [1.29, 1.82) is 0 Å². The van der Waals surface area contributed by atoms with Gasteiger partial charge in [0.25, 0.3) is 0 Å². The zero-order valence-corrected chi connectivity index (χ0v) is 16.8. The highest BCUT2D eigenvalue weighted by Gasteiger charge is 2.07. The van der Waals surface area contributed by atoms with Crippen LogP contribution in [0.4, 0.5) is 0 Å². The van der Waals surface area contributed by atoms with Gasteiger partial charge in [-0.15, -0.1) is 22.7 Å². The van der Waals surface area contributed by atoms with E-state index in [0.29, 0.717) is 11.6 Å². The number of fused-ring (bicyclic) bond motifs is 1. The Labute approximate surface area is 160 Å². The van der Waals surface area contributed by atoms with Crippen LogP contribution in [0.25, 0.3) is 10.2 Å². The molecule has 0 fully saturated rings. The first kappa shape index (κ1) is 18.1. The van der Waals surface area contributed by atoms with Crippen molar-refractivity contribution in [2.45, 2.75) is 26.8 Å². The van der Waals surface area contributed by atoms with Gasteiger partial charge in [-0.05, 0) is 32.0 Å². The Morgan fingerprint density at radius 3 is 2.72 bits per heavy atom. The summed E-state index contributed by atoms with van der Waals surface area (Å²) in [5.74, 6) is 0.766. The lowest BCUT2D eigenvalue weighted by Gasteiger charge is -2.09. The molecule has 0 radical (unpaired) electrons. The molecule has 3 rings (SSSR count). The number of benzene rings is 1. The number of hydrogen-bond donors (Lipinski definition) is 2. The van der Waals surface area contributed by atoms with E-state index >= 15 is 0 Å². The molecule has 0 aliphatic carbocycles. The fraction of sp³-hybridized carbons (Fsp3) is 0.353. The van der Waals surface area contributed by atoms with Gasteiger partial charge in [0, 0.05) is 29.9 Å². The third kappa shape index (κ3) is 4.68. The van der Waals surface area contributed by atoms with Crippen molar-refractivity contribution < 1.29 is 0 Å². The van der Waals surface area contributed by atoms with Crippen LogP contribution in [0.3, 0.4) is 0 Å². The highest BCUT2D eigenvalue weighted by atomic mass is 35.5. The van der Waals surface area contributed by atoms with Crippen molar-refractivity contribution in [2.75, 3.05) is 13.6 Å². The Balaban J connectivity index is 1.51. The highest BCUT2D eigenvalue weighted by molar-refractivity contribution is 7.18. The predicted molar refractivity (Wildman–Crippen MR) is 108 cm³/mol. The maximum Gasteiger partial charge on any atom is 0.191 e. The molecule has 0 saturated carbocycles. The molecule has 2 heterocycles. The minimum Gasteiger partial charge on any atom is -0.356 e. The van der Waals surface area contributed by atoms with E-state index < -0.39 is 0 Å². The minimum atomic E-state index is 0.631. The maximum absolute atomic E-state index is 6.01. The van der Waals surface area contributed by atoms with Crippen molar-refractivity contribution in [1.82, 2.24) is 20.6 Å². The topological polar surface area (TPSA) is 62.2 Å². The zero-order chi connectivity index (χ0) is 17.8. The number of aliphatic imine (C=N–C) groups is 1. The molecule has 2 N–H and O–H groups in total. The molecule has 25 heavy (non-hydrogen) atoms. The molecule has 0 aliphatic heterocycles. The average molecular weight is 394 g/mol. The van der Waals surface area contributed by atoms with Crippen LogP contribution >= 0.6 is 34.3 Å². The highest BCUT2D eigenvalue weighted by Crippen LogP contribution is 2.24. The van der Waals surface area contributed by atoms with Gasteiger partial charge in [-0.2, -0.15) is 0 Å². The SMILES string of the molecule is CN=C(NCCc1nc(C)c(C)s1)NCc1nc2cc(Cl)ccc2s1. The van der Waals surface area contributed by atoms with Crippen LogP contribution in [-0.4, -0.2) is 29.5 Å². The number of rotatable bonds is 5. The van der Waals surface area contributed by atoms with Gasteiger partial charge in [-0.1, -0.05) is 11.6 Å². The van der Waals surface area contributed by atoms with Gasteiger partial charge in [-0.25, -0.2) is 9.97 Å². The lowest BCUT2D eigenvalue weighted by atomic mass is 10.3. The van der Waals surface area contributed by atoms with E-state index in [4.69, 9.17) is 11.6 Å². The van der Waals surface area contributed by atoms with E-state index in [1.165, 1.54) is 4.88 Å². The number of aryl methyl sites for hydroxylation is 2. The summed E-state index contributed by atoms with van der Waals surface area (Å²) in [6.45, 7) is 5.58. The first-order chi connectivity index (χ1) is 12.0. The standard InChI is InChI=1S/C17H20ClN5S2/c1-10-11(2)24-15(22-10)6-7-20-17(19-3)21-9-16-23-13-8-12(18)4-5-14(13)25-16/h4-5,8H,6-7,9H2,1-3H3,(H2,19,20,21). The number of thiazole rings is 2. The molecule has 0 aliphatic rings. The smallest absolute Gasteiger partial charge is 0.191 e. The quantitative estimate of drug-likeness (QED) is 0.509. The van der Waals surface area contributed by atoms with E-state index in [9.17, 15) is 0 Å². The first-order valence-corrected chi connectivity index (χ1v) is 9.98. The minimum absolute atomic E-state index is 0.631. The van der Waals surface area contributed by atoms with E-state index in [-0.39, 0.29) is 0 Å². The van der Waals surface area contributed by atoms with Crippen LogP contribution in [0, 0.1) is 13.8 Å². The molecule has 0 bridgehead atoms. The lowest BCUT2D eigenvalue weighted by molar-refractivity contribution is 0.789. The summed E-state index contributed by atoms with van der Waals surface area (Å²) in [7, 11) is 1.77. The molecule has 0 atom stereocenters. The average Bonchev–Trinajstić information content (AvgIpc) is 3.13. The summed E-state index contributed by atoms with van der Waals surface area (Å²) < 4.78 is 1.14. The van der Waals surface area contributed by atoms with Gasteiger partial charge < -0.3 is 10.6 Å². The van der Waals surface area contributed by atoms with Gasteiger partial charge in [0.05, 0.1) is 27.5 Å². The fourth-order valence-electron chi connectivity index (χ4n) is 2.34. The molecule has 0 amide bonds. The van der Waals surface area contributed by atoms with Gasteiger partial charge >= 0.3 is 0 Å². The molecular formula is C17H20ClN5S2. The zero-order valence-electron chi connectivity index (χ0n) is 14.4. The van der Waals surface area contributed by atoms with Crippen LogP contribution in [0.1, 0.15) is 20.6 Å². The van der Waals surface area contributed by atoms with E-state index in [2.05, 4.69) is 39.4 Å². The van der Waals surface area contributed by atoms with Crippen LogP contribution < -0.4 is 10.6 Å². The Morgan fingerprint density at radius 1 is 1.16 bits per heavy atom. The van der Waals surface area contributed by atoms with Gasteiger partial charge in [0.1, 0.15) is 5.01 Å². The Hall–Kier alpha value is -1.70. The van der Waals surface area contributed by atoms with Crippen LogP contribution in [0.2, 0.25) is 5.02 Å². The lowest BCUT2D eigenvalue weighted by Crippen LogP contribution is -2.37. The number of guanidine groups is 1. The fourth-order valence-corrected chi connectivity index (χ4v) is 4.33. The summed E-state index contributed by atoms with van der Waals surface area (Å²) in [6.07, 6.45) is 0.889. The van der Waals surface area contributed by atoms with Crippen molar-refractivity contribution in [3.63, 3.8) is 0 Å². The summed E-state index contributed by atoms with van der Waals surface area (Å²) in [5.41, 5.74) is 2.06. The second-order valence-electron chi connectivity index (χ2n) is 5.57. The molecule has 8 heteroatoms. The number of hydrogen-bond acceptors (Lipinski definition) is 5. The number of halogens is 1. The third-order valence-corrected chi connectivity index (χ3v) is 6.13. The summed E-state index contributed by atoms with van der Waals surface area (Å²) >= 11 is 9.43. The molecule has 1 aromatic carbocycles. The maximum atomic E-state index is 6.01. The van der Waals surface area contributed by atoms with Crippen molar-refractivity contribution in [3.8, 4) is 0 Å². The van der Waals surface area contributed by atoms with Crippen LogP contribution in [-0.2, 0) is 13.0 Å². The first-order valence-electron chi connectivity index (χ1n) is 7.97. The van der Waals surface area contributed by atoms with Crippen molar-refractivity contribution in [3.05, 3.63) is 43.8 Å². The molecule has 0 unspecified atom stereocenters. The molecule has 132 valence electrons. The van der Waals surface area contributed by atoms with Gasteiger partial charge in [0.15, 0.2) is 5.96 Å². The van der Waals surface area contributed by atoms with Gasteiger partial charge in [-0.3, -0.25) is 4.99 Å². The Kier molecular flexibility index (Phi) is 5.88. The number of aromatic nitrogens is 2. The van der Waals surface area contributed by atoms with Gasteiger partial charge in [0.2, 0.25) is 0 Å². The molecule has 5 nitrogen and oxygen atoms in total. The summed E-state index contributed by atoms with van der Waals surface area (Å²) in [5, 5.41) is 9.49. The number of nitrogens with one attached hydrogen (secondary N) is 2. The van der Waals surface area contributed by atoms with Crippen molar-refractivity contribution in [2.24, 2.45) is 4.99 Å². The Bertz CT molecular complexity index is 880. The van der Waals surface area contributed by atoms with Crippen LogP contribution in [0.15, 0.2) is 23.2 Å². The number of nitrogens with zero attached hydrogens (tertiary/aromatic N) is 3. The molecule has 3 aromatic rings. The summed E-state index contributed by atoms with van der Waals surface area (Å²) in [6, 6.07) is 5.79. The normalized spacial score (nSPS) is 11.9. The predicted octanol–water partition coefficient (Wildman–Crippen LogP) is 3.93. The monoisotopic (exact) mass is 393 g/mol. The molecular weight excluding hydrogens is 374 g/mol. The van der Waals surface area contributed by atoms with E-state index in [1.807, 2.05) is 18.2 Å². The third-order valence-electron chi connectivity index (χ3n) is 3.73. The van der Waals surface area contributed by atoms with Crippen molar-refractivity contribution >= 4 is 50.5 Å².